The van der Waals surface area contributed by atoms with Gasteiger partial charge in [0.15, 0.2) is 4.96 Å². The van der Waals surface area contributed by atoms with Gasteiger partial charge in [0.2, 0.25) is 0 Å². The molecule has 2 aromatic carbocycles. The average molecular weight is 404 g/mol. The topological polar surface area (TPSA) is 75.9 Å². The van der Waals surface area contributed by atoms with Gasteiger partial charge in [-0.1, -0.05) is 12.1 Å². The van der Waals surface area contributed by atoms with Crippen LogP contribution >= 0.6 is 11.3 Å². The van der Waals surface area contributed by atoms with Gasteiger partial charge in [0.05, 0.1) is 12.2 Å². The van der Waals surface area contributed by atoms with Crippen molar-refractivity contribution in [1.29, 1.82) is 0 Å². The minimum Gasteiger partial charge on any atom is -0.447 e. The zero-order chi connectivity index (χ0) is 19.8. The molecule has 0 spiro atoms. The summed E-state index contributed by atoms with van der Waals surface area (Å²) in [5.41, 5.74) is 3.81. The summed E-state index contributed by atoms with van der Waals surface area (Å²) in [7, 11) is 0. The molecule has 3 heterocycles. The molecule has 2 amide bonds. The Morgan fingerprint density at radius 3 is 2.59 bits per heavy atom. The monoisotopic (exact) mass is 404 g/mol. The number of carbonyl (C=O) groups is 2. The van der Waals surface area contributed by atoms with Crippen molar-refractivity contribution < 1.29 is 14.3 Å². The molecule has 4 aromatic rings. The smallest absolute Gasteiger partial charge is 0.414 e. The van der Waals surface area contributed by atoms with Crippen molar-refractivity contribution in [3.63, 3.8) is 0 Å². The van der Waals surface area contributed by atoms with Crippen LogP contribution in [0, 0.1) is 0 Å². The number of aromatic nitrogens is 2. The second kappa shape index (κ2) is 7.06. The fourth-order valence-corrected chi connectivity index (χ4v) is 3.91. The first-order chi connectivity index (χ1) is 14.2. The van der Waals surface area contributed by atoms with Crippen LogP contribution in [-0.2, 0) is 4.74 Å². The van der Waals surface area contributed by atoms with Gasteiger partial charge in [-0.15, -0.1) is 11.3 Å². The molecular weight excluding hydrogens is 388 g/mol. The Hall–Kier alpha value is -3.65. The molecule has 144 valence electrons. The molecule has 0 atom stereocenters. The van der Waals surface area contributed by atoms with E-state index in [9.17, 15) is 9.59 Å². The van der Waals surface area contributed by atoms with Crippen molar-refractivity contribution in [3.8, 4) is 11.3 Å². The zero-order valence-corrected chi connectivity index (χ0v) is 16.1. The average Bonchev–Trinajstić information content (AvgIpc) is 3.45. The van der Waals surface area contributed by atoms with Gasteiger partial charge in [-0.2, -0.15) is 0 Å². The maximum Gasteiger partial charge on any atom is 0.414 e. The van der Waals surface area contributed by atoms with E-state index in [-0.39, 0.29) is 12.0 Å². The molecule has 8 heteroatoms. The molecule has 29 heavy (non-hydrogen) atoms. The van der Waals surface area contributed by atoms with E-state index in [0.717, 1.165) is 16.2 Å². The molecule has 0 bridgehead atoms. The summed E-state index contributed by atoms with van der Waals surface area (Å²) in [5, 5.41) is 4.88. The lowest BCUT2D eigenvalue weighted by atomic mass is 10.1. The predicted octanol–water partition coefficient (Wildman–Crippen LogP) is 4.27. The molecule has 5 rings (SSSR count). The van der Waals surface area contributed by atoms with Gasteiger partial charge in [-0.25, -0.2) is 9.78 Å². The summed E-state index contributed by atoms with van der Waals surface area (Å²) >= 11 is 1.59. The third kappa shape index (κ3) is 3.34. The number of benzene rings is 2. The standard InChI is InChI=1S/C21H16N4O3S/c26-19(15-3-7-17(8-4-15)25-9-11-28-21(25)27)22-16-5-1-14(2-6-16)18-13-24-10-12-29-20(24)23-18/h1-8,10,12-13H,9,11H2,(H,22,26). The van der Waals surface area contributed by atoms with Crippen LogP contribution in [0.3, 0.4) is 0 Å². The number of rotatable bonds is 4. The van der Waals surface area contributed by atoms with Crippen LogP contribution in [0.25, 0.3) is 16.2 Å². The van der Waals surface area contributed by atoms with Crippen LogP contribution in [-0.4, -0.2) is 34.5 Å². The fraction of sp³-hybridized carbons (Fsp3) is 0.0952. The molecule has 7 nitrogen and oxygen atoms in total. The largest absolute Gasteiger partial charge is 0.447 e. The number of hydrogen-bond acceptors (Lipinski definition) is 5. The van der Waals surface area contributed by atoms with Crippen LogP contribution in [0.5, 0.6) is 0 Å². The summed E-state index contributed by atoms with van der Waals surface area (Å²) < 4.78 is 6.92. The molecule has 1 saturated heterocycles. The Labute approximate surface area is 170 Å². The van der Waals surface area contributed by atoms with Crippen LogP contribution in [0.1, 0.15) is 10.4 Å². The minimum absolute atomic E-state index is 0.212. The lowest BCUT2D eigenvalue weighted by molar-refractivity contribution is 0.102. The first-order valence-electron chi connectivity index (χ1n) is 9.06. The van der Waals surface area contributed by atoms with Crippen molar-refractivity contribution in [2.75, 3.05) is 23.4 Å². The molecule has 2 aromatic heterocycles. The van der Waals surface area contributed by atoms with E-state index >= 15 is 0 Å². The quantitative estimate of drug-likeness (QED) is 0.551. The third-order valence-corrected chi connectivity index (χ3v) is 5.50. The minimum atomic E-state index is -0.361. The van der Waals surface area contributed by atoms with Crippen LogP contribution in [0.2, 0.25) is 0 Å². The summed E-state index contributed by atoms with van der Waals surface area (Å²) in [5.74, 6) is -0.212. The van der Waals surface area contributed by atoms with Gasteiger partial charge in [0.1, 0.15) is 6.61 Å². The number of imidazole rings is 1. The number of nitrogens with zero attached hydrogens (tertiary/aromatic N) is 3. The van der Waals surface area contributed by atoms with Crippen molar-refractivity contribution >= 4 is 39.7 Å². The van der Waals surface area contributed by atoms with Gasteiger partial charge >= 0.3 is 6.09 Å². The number of fused-ring (bicyclic) bond motifs is 1. The number of nitrogens with one attached hydrogen (secondary N) is 1. The molecule has 1 fully saturated rings. The lowest BCUT2D eigenvalue weighted by Crippen LogP contribution is -2.23. The predicted molar refractivity (Wildman–Crippen MR) is 112 cm³/mol. The van der Waals surface area contributed by atoms with Crippen molar-refractivity contribution in [2.45, 2.75) is 0 Å². The van der Waals surface area contributed by atoms with Crippen molar-refractivity contribution in [3.05, 3.63) is 71.9 Å². The lowest BCUT2D eigenvalue weighted by Gasteiger charge is -2.13. The van der Waals surface area contributed by atoms with E-state index in [0.29, 0.717) is 30.1 Å². The third-order valence-electron chi connectivity index (χ3n) is 4.73. The molecule has 1 aliphatic heterocycles. The highest BCUT2D eigenvalue weighted by Crippen LogP contribution is 2.24. The van der Waals surface area contributed by atoms with Gasteiger partial charge < -0.3 is 10.1 Å². The fourth-order valence-electron chi connectivity index (χ4n) is 3.21. The molecular formula is C21H16N4O3S. The van der Waals surface area contributed by atoms with Crippen LogP contribution in [0.15, 0.2) is 66.3 Å². The molecule has 1 N–H and O–H groups in total. The Morgan fingerprint density at radius 1 is 1.10 bits per heavy atom. The number of anilines is 2. The van der Waals surface area contributed by atoms with Crippen molar-refractivity contribution in [2.24, 2.45) is 0 Å². The number of carbonyl (C=O) groups excluding carboxylic acids is 2. The normalized spacial score (nSPS) is 13.7. The second-order valence-electron chi connectivity index (χ2n) is 6.56. The van der Waals surface area contributed by atoms with E-state index in [1.165, 1.54) is 0 Å². The summed E-state index contributed by atoms with van der Waals surface area (Å²) in [6, 6.07) is 14.5. The highest BCUT2D eigenvalue weighted by atomic mass is 32.1. The Kier molecular flexibility index (Phi) is 4.25. The van der Waals surface area contributed by atoms with E-state index < -0.39 is 0 Å². The maximum absolute atomic E-state index is 12.5. The van der Waals surface area contributed by atoms with Gasteiger partial charge in [-0.3, -0.25) is 14.1 Å². The second-order valence-corrected chi connectivity index (χ2v) is 7.44. The zero-order valence-electron chi connectivity index (χ0n) is 15.2. The summed E-state index contributed by atoms with van der Waals surface area (Å²) in [6.07, 6.45) is 3.60. The number of cyclic esters (lactones) is 1. The first kappa shape index (κ1) is 17.4. The Balaban J connectivity index is 1.28. The molecule has 1 aliphatic rings. The Bertz CT molecular complexity index is 1170. The molecule has 0 radical (unpaired) electrons. The number of ether oxygens (including phenoxy) is 1. The number of thiazole rings is 1. The van der Waals surface area contributed by atoms with Gasteiger partial charge in [0.25, 0.3) is 5.91 Å². The van der Waals surface area contributed by atoms with E-state index in [1.54, 1.807) is 40.5 Å². The Morgan fingerprint density at radius 2 is 1.90 bits per heavy atom. The SMILES string of the molecule is O=C(Nc1ccc(-c2cn3ccsc3n2)cc1)c1ccc(N2CCOC2=O)cc1. The number of amides is 2. The maximum atomic E-state index is 12.5. The highest BCUT2D eigenvalue weighted by molar-refractivity contribution is 7.15. The first-order valence-corrected chi connectivity index (χ1v) is 9.94. The van der Waals surface area contributed by atoms with E-state index in [2.05, 4.69) is 10.3 Å². The van der Waals surface area contributed by atoms with Gasteiger partial charge in [0, 0.05) is 40.3 Å². The van der Waals surface area contributed by atoms with E-state index in [4.69, 9.17) is 4.74 Å². The number of hydrogen-bond donors (Lipinski definition) is 1. The van der Waals surface area contributed by atoms with Crippen LogP contribution < -0.4 is 10.2 Å². The van der Waals surface area contributed by atoms with Gasteiger partial charge in [-0.05, 0) is 36.4 Å². The van der Waals surface area contributed by atoms with Crippen molar-refractivity contribution in [1.82, 2.24) is 9.38 Å². The summed E-state index contributed by atoms with van der Waals surface area (Å²) in [4.78, 5) is 31.2. The molecule has 0 saturated carbocycles. The molecule has 0 unspecified atom stereocenters. The summed E-state index contributed by atoms with van der Waals surface area (Å²) in [6.45, 7) is 0.902. The van der Waals surface area contributed by atoms with E-state index in [1.807, 2.05) is 46.4 Å². The molecule has 0 aliphatic carbocycles. The highest BCUT2D eigenvalue weighted by Gasteiger charge is 2.23. The van der Waals surface area contributed by atoms with Crippen LogP contribution in [0.4, 0.5) is 16.2 Å².